The molecular weight excluding hydrogens is 380 g/mol. The van der Waals surface area contributed by atoms with Gasteiger partial charge in [-0.05, 0) is 37.1 Å². The summed E-state index contributed by atoms with van der Waals surface area (Å²) in [6.07, 6.45) is 0. The number of methoxy groups -OCH3 is 1. The van der Waals surface area contributed by atoms with Gasteiger partial charge in [0.1, 0.15) is 5.75 Å². The first-order valence-corrected chi connectivity index (χ1v) is 9.61. The van der Waals surface area contributed by atoms with Crippen LogP contribution in [-0.2, 0) is 0 Å². The third kappa shape index (κ3) is 3.19. The summed E-state index contributed by atoms with van der Waals surface area (Å²) in [7, 11) is 80.2. The van der Waals surface area contributed by atoms with Crippen molar-refractivity contribution in [2.45, 2.75) is 42.9 Å². The topological polar surface area (TPSA) is 32.7 Å². The Labute approximate surface area is 208 Å². The van der Waals surface area contributed by atoms with E-state index in [1.54, 1.807) is 38.4 Å². The molecule has 3 nitrogen and oxygen atoms in total. The van der Waals surface area contributed by atoms with Crippen molar-refractivity contribution in [3.8, 4) is 5.75 Å². The van der Waals surface area contributed by atoms with Gasteiger partial charge in [0.15, 0.2) is 0 Å². The molecule has 0 heterocycles. The molecule has 1 aliphatic carbocycles. The van der Waals surface area contributed by atoms with Crippen LogP contribution in [0.1, 0.15) is 11.5 Å². The van der Waals surface area contributed by atoms with E-state index in [2.05, 4.69) is 0 Å². The predicted octanol–water partition coefficient (Wildman–Crippen LogP) is -2.66. The molecule has 136 valence electrons. The van der Waals surface area contributed by atoms with Crippen molar-refractivity contribution in [1.29, 1.82) is 0 Å². The van der Waals surface area contributed by atoms with Crippen LogP contribution in [0.15, 0.2) is 24.3 Å². The Bertz CT molecular complexity index is 824. The summed E-state index contributed by atoms with van der Waals surface area (Å²) in [4.78, 5) is 1.38. The first kappa shape index (κ1) is 28.0. The minimum absolute atomic E-state index is 0.278. The number of benzene rings is 1. The molecule has 0 bridgehead atoms. The van der Waals surface area contributed by atoms with Gasteiger partial charge in [-0.3, -0.25) is 0 Å². The van der Waals surface area contributed by atoms with Gasteiger partial charge in [-0.2, -0.15) is 0 Å². The number of likely N-dealkylation sites (N-methyl/N-ethyl adjacent to an activating group) is 1. The number of hydrogen-bond donors (Lipinski definition) is 1. The van der Waals surface area contributed by atoms with Crippen molar-refractivity contribution in [2.24, 2.45) is 0 Å². The van der Waals surface area contributed by atoms with Gasteiger partial charge in [-0.25, -0.2) is 0 Å². The number of nitrogens with zero attached hydrogens (tertiary/aromatic N) is 1. The lowest BCUT2D eigenvalue weighted by Gasteiger charge is -2.82. The Hall–Kier alpha value is -0.281. The maximum absolute atomic E-state index is 12.3. The molecule has 0 aromatic heterocycles. The standard InChI is InChI=1S/C17H15B12NO2/c1-30(2)12(18,19)10(8-4-6-9(32-3)7-5-8)11(31)13(20,21)15(24,25)17(28,29)16(26,27)14(11,22)23/h4-7,10,31H,1-3H3. The maximum Gasteiger partial charge on any atom is 0.118 e. The lowest BCUT2D eigenvalue weighted by molar-refractivity contribution is -0.0725. The van der Waals surface area contributed by atoms with Gasteiger partial charge < -0.3 is 14.7 Å². The highest BCUT2D eigenvalue weighted by Gasteiger charge is 2.73. The summed E-state index contributed by atoms with van der Waals surface area (Å²) >= 11 is 0. The smallest absolute Gasteiger partial charge is 0.118 e. The average Bonchev–Trinajstić information content (AvgIpc) is 2.66. The fourth-order valence-electron chi connectivity index (χ4n) is 4.37. The average molecular weight is 395 g/mol. The van der Waals surface area contributed by atoms with E-state index >= 15 is 0 Å². The summed E-state index contributed by atoms with van der Waals surface area (Å²) in [5, 5.41) is -2.50. The van der Waals surface area contributed by atoms with Gasteiger partial charge >= 0.3 is 0 Å². The van der Waals surface area contributed by atoms with E-state index in [0.29, 0.717) is 5.75 Å². The van der Waals surface area contributed by atoms with Gasteiger partial charge in [-0.1, -0.05) is 22.6 Å². The van der Waals surface area contributed by atoms with Crippen molar-refractivity contribution in [3.05, 3.63) is 29.8 Å². The molecule has 24 radical (unpaired) electrons. The number of ether oxygens (including phenoxy) is 1. The summed E-state index contributed by atoms with van der Waals surface area (Å²) in [6, 6.07) is 6.25. The van der Waals surface area contributed by atoms with Crippen LogP contribution in [0.5, 0.6) is 5.75 Å². The van der Waals surface area contributed by atoms with Crippen molar-refractivity contribution in [2.75, 3.05) is 21.2 Å². The predicted molar refractivity (Wildman–Crippen MR) is 140 cm³/mol. The molecule has 1 aromatic carbocycles. The highest BCUT2D eigenvalue weighted by molar-refractivity contribution is 6.70. The fourth-order valence-corrected chi connectivity index (χ4v) is 4.37. The molecule has 15 heteroatoms. The zero-order chi connectivity index (χ0) is 25.3. The van der Waals surface area contributed by atoms with Crippen LogP contribution in [0.25, 0.3) is 0 Å². The van der Waals surface area contributed by atoms with Gasteiger partial charge in [0, 0.05) is 5.92 Å². The summed E-state index contributed by atoms with van der Waals surface area (Å²) in [5.74, 6) is -1.01. The second-order valence-corrected chi connectivity index (χ2v) is 9.10. The lowest BCUT2D eigenvalue weighted by Crippen LogP contribution is -2.76. The molecule has 1 aromatic rings. The van der Waals surface area contributed by atoms with Crippen LogP contribution in [0.2, 0.25) is 26.1 Å². The Morgan fingerprint density at radius 3 is 1.41 bits per heavy atom. The van der Waals surface area contributed by atoms with Crippen molar-refractivity contribution < 1.29 is 9.84 Å². The van der Waals surface area contributed by atoms with Gasteiger partial charge in [-0.15, -0.1) is 15.6 Å². The van der Waals surface area contributed by atoms with Crippen LogP contribution >= 0.6 is 0 Å². The minimum Gasteiger partial charge on any atom is -0.497 e. The third-order valence-corrected chi connectivity index (χ3v) is 7.10. The first-order chi connectivity index (χ1) is 14.1. The molecule has 1 saturated carbocycles. The molecule has 2 rings (SSSR count). The van der Waals surface area contributed by atoms with E-state index in [1.165, 1.54) is 12.0 Å². The minimum atomic E-state index is -2.81. The normalized spacial score (nSPS) is 25.5. The molecule has 0 amide bonds. The van der Waals surface area contributed by atoms with E-state index in [0.717, 1.165) is 0 Å². The summed E-state index contributed by atoms with van der Waals surface area (Å²) < 4.78 is 5.18. The Balaban J connectivity index is 3.02. The molecule has 1 atom stereocenters. The summed E-state index contributed by atoms with van der Waals surface area (Å²) in [5.41, 5.74) is -2.53. The van der Waals surface area contributed by atoms with Crippen molar-refractivity contribution in [1.82, 2.24) is 4.90 Å². The molecule has 0 saturated heterocycles. The van der Waals surface area contributed by atoms with Gasteiger partial charge in [0.25, 0.3) is 0 Å². The first-order valence-electron chi connectivity index (χ1n) is 9.61. The van der Waals surface area contributed by atoms with E-state index < -0.39 is 42.9 Å². The Morgan fingerprint density at radius 1 is 0.750 bits per heavy atom. The van der Waals surface area contributed by atoms with E-state index in [1.807, 2.05) is 0 Å². The van der Waals surface area contributed by atoms with Crippen LogP contribution in [0.4, 0.5) is 0 Å². The largest absolute Gasteiger partial charge is 0.497 e. The third-order valence-electron chi connectivity index (χ3n) is 7.10. The quantitative estimate of drug-likeness (QED) is 0.553. The molecule has 1 unspecified atom stereocenters. The molecule has 0 aliphatic heterocycles. The van der Waals surface area contributed by atoms with E-state index in [4.69, 9.17) is 98.9 Å². The Kier molecular flexibility index (Phi) is 6.88. The molecule has 1 N–H and O–H groups in total. The highest BCUT2D eigenvalue weighted by atomic mass is 16.5. The monoisotopic (exact) mass is 397 g/mol. The van der Waals surface area contributed by atoms with Crippen LogP contribution in [0, 0.1) is 0 Å². The second-order valence-electron chi connectivity index (χ2n) is 9.10. The van der Waals surface area contributed by atoms with E-state index in [9.17, 15) is 5.11 Å². The number of aliphatic hydroxyl groups is 1. The molecule has 1 fully saturated rings. The van der Waals surface area contributed by atoms with Crippen LogP contribution in [-0.4, -0.2) is 136 Å². The van der Waals surface area contributed by atoms with Crippen molar-refractivity contribution >= 4 is 94.2 Å². The van der Waals surface area contributed by atoms with Crippen molar-refractivity contribution in [3.63, 3.8) is 0 Å². The lowest BCUT2D eigenvalue weighted by atomic mass is 8.98. The maximum atomic E-state index is 12.3. The SMILES string of the molecule is [B]C([B])(C(c1ccc(OC)cc1)C1(O)C([B])([B])C([B])([B])C([B])([B])C([B])([B])C1([B])[B])N(C)C. The second kappa shape index (κ2) is 7.87. The summed E-state index contributed by atoms with van der Waals surface area (Å²) in [6.45, 7) is 0. The van der Waals surface area contributed by atoms with Gasteiger partial charge in [0.2, 0.25) is 0 Å². The molecule has 1 aliphatic rings. The Morgan fingerprint density at radius 2 is 1.09 bits per heavy atom. The van der Waals surface area contributed by atoms with Crippen LogP contribution < -0.4 is 4.74 Å². The molecule has 0 spiro atoms. The molecule has 32 heavy (non-hydrogen) atoms. The number of hydrogen-bond acceptors (Lipinski definition) is 3. The van der Waals surface area contributed by atoms with Gasteiger partial charge in [0.05, 0.1) is 107 Å². The van der Waals surface area contributed by atoms with Crippen LogP contribution in [0.3, 0.4) is 0 Å². The fraction of sp³-hybridized carbons (Fsp3) is 0.647. The highest BCUT2D eigenvalue weighted by Crippen LogP contribution is 2.83. The zero-order valence-corrected chi connectivity index (χ0v) is 18.6. The zero-order valence-electron chi connectivity index (χ0n) is 18.6. The van der Waals surface area contributed by atoms with E-state index in [-0.39, 0.29) is 5.56 Å². The molecular formula is C17H15B12NO2. The number of rotatable bonds is 5.